The lowest BCUT2D eigenvalue weighted by Gasteiger charge is -2.28. The van der Waals surface area contributed by atoms with E-state index in [1.54, 1.807) is 0 Å². The van der Waals surface area contributed by atoms with Crippen LogP contribution in [-0.2, 0) is 0 Å². The number of ether oxygens (including phenoxy) is 2. The highest BCUT2D eigenvalue weighted by Crippen LogP contribution is 2.31. The smallest absolute Gasteiger partial charge is 0.142 e. The molecule has 134 valence electrons. The summed E-state index contributed by atoms with van der Waals surface area (Å²) in [5.74, 6) is 2.88. The number of nitrogens with two attached hydrogens (primary N) is 2. The molecule has 0 bridgehead atoms. The van der Waals surface area contributed by atoms with Crippen LogP contribution in [0.1, 0.15) is 31.2 Å². The molecule has 2 aromatic carbocycles. The molecular weight excluding hydrogens is 312 g/mol. The van der Waals surface area contributed by atoms with Crippen LogP contribution in [0.2, 0.25) is 0 Å². The average Bonchev–Trinajstić information content (AvgIpc) is 2.63. The molecule has 1 fully saturated rings. The van der Waals surface area contributed by atoms with Crippen LogP contribution in [0.5, 0.6) is 11.5 Å². The Kier molecular flexibility index (Phi) is 5.69. The van der Waals surface area contributed by atoms with E-state index in [0.717, 1.165) is 36.0 Å². The molecule has 2 aromatic rings. The molecule has 1 aliphatic carbocycles. The van der Waals surface area contributed by atoms with Gasteiger partial charge in [-0.25, -0.2) is 0 Å². The molecule has 25 heavy (non-hydrogen) atoms. The lowest BCUT2D eigenvalue weighted by molar-refractivity contribution is 0.148. The molecule has 0 radical (unpaired) electrons. The quantitative estimate of drug-likeness (QED) is 0.764. The summed E-state index contributed by atoms with van der Waals surface area (Å²) in [6, 6.07) is 13.6. The molecule has 0 heterocycles. The number of anilines is 2. The van der Waals surface area contributed by atoms with Crippen molar-refractivity contribution < 1.29 is 9.47 Å². The molecule has 4 nitrogen and oxygen atoms in total. The van der Waals surface area contributed by atoms with Gasteiger partial charge >= 0.3 is 0 Å². The summed E-state index contributed by atoms with van der Waals surface area (Å²) in [6.45, 7) is 3.52. The first-order valence-electron chi connectivity index (χ1n) is 9.08. The summed E-state index contributed by atoms with van der Waals surface area (Å²) in [5, 5.41) is 0. The van der Waals surface area contributed by atoms with Gasteiger partial charge in [0.2, 0.25) is 0 Å². The van der Waals surface area contributed by atoms with E-state index in [1.165, 1.54) is 25.7 Å². The van der Waals surface area contributed by atoms with Crippen molar-refractivity contribution >= 4 is 11.4 Å². The van der Waals surface area contributed by atoms with Crippen LogP contribution in [0.4, 0.5) is 11.4 Å². The van der Waals surface area contributed by atoms with Crippen molar-refractivity contribution in [2.75, 3.05) is 24.7 Å². The van der Waals surface area contributed by atoms with Crippen LogP contribution in [-0.4, -0.2) is 13.2 Å². The normalized spacial score (nSPS) is 20.2. The van der Waals surface area contributed by atoms with E-state index in [4.69, 9.17) is 20.9 Å². The summed E-state index contributed by atoms with van der Waals surface area (Å²) in [6.07, 6.45) is 4.72. The number of hydrogen-bond donors (Lipinski definition) is 2. The van der Waals surface area contributed by atoms with Gasteiger partial charge in [0, 0.05) is 11.8 Å². The second-order valence-electron chi connectivity index (χ2n) is 7.06. The van der Waals surface area contributed by atoms with Gasteiger partial charge in [-0.3, -0.25) is 0 Å². The van der Waals surface area contributed by atoms with E-state index in [9.17, 15) is 0 Å². The van der Waals surface area contributed by atoms with Crippen LogP contribution >= 0.6 is 0 Å². The average molecular weight is 340 g/mol. The van der Waals surface area contributed by atoms with Crippen molar-refractivity contribution in [3.8, 4) is 11.5 Å². The fourth-order valence-electron chi connectivity index (χ4n) is 3.31. The molecule has 1 aliphatic rings. The molecular formula is C21H28N2O2. The van der Waals surface area contributed by atoms with Crippen LogP contribution in [0.15, 0.2) is 42.5 Å². The van der Waals surface area contributed by atoms with Crippen molar-refractivity contribution in [1.82, 2.24) is 0 Å². The number of aryl methyl sites for hydroxylation is 1. The Bertz CT molecular complexity index is 694. The van der Waals surface area contributed by atoms with E-state index in [2.05, 4.69) is 0 Å². The fourth-order valence-corrected chi connectivity index (χ4v) is 3.31. The number of benzene rings is 2. The first-order chi connectivity index (χ1) is 12.1. The lowest BCUT2D eigenvalue weighted by atomic mass is 9.83. The van der Waals surface area contributed by atoms with E-state index < -0.39 is 0 Å². The first-order valence-corrected chi connectivity index (χ1v) is 9.08. The van der Waals surface area contributed by atoms with Gasteiger partial charge < -0.3 is 20.9 Å². The van der Waals surface area contributed by atoms with E-state index in [0.29, 0.717) is 17.5 Å². The van der Waals surface area contributed by atoms with Crippen LogP contribution in [0.3, 0.4) is 0 Å². The molecule has 0 unspecified atom stereocenters. The number of nitrogen functional groups attached to an aromatic ring is 2. The van der Waals surface area contributed by atoms with Crippen molar-refractivity contribution in [3.05, 3.63) is 48.0 Å². The summed E-state index contributed by atoms with van der Waals surface area (Å²) in [7, 11) is 0. The standard InChI is InChI=1S/C21H28N2O2/c1-15-6-11-18(12-20(15)23)24-13-16-7-9-17(10-8-16)14-25-21-5-3-2-4-19(21)22/h2-6,11-12,16-17H,7-10,13-14,22-23H2,1H3. The molecule has 0 saturated heterocycles. The van der Waals surface area contributed by atoms with Crippen molar-refractivity contribution in [1.29, 1.82) is 0 Å². The van der Waals surface area contributed by atoms with Gasteiger partial charge in [0.05, 0.1) is 18.9 Å². The zero-order valence-corrected chi connectivity index (χ0v) is 14.9. The summed E-state index contributed by atoms with van der Waals surface area (Å²) in [4.78, 5) is 0. The first kappa shape index (κ1) is 17.5. The highest BCUT2D eigenvalue weighted by atomic mass is 16.5. The number of rotatable bonds is 6. The number of hydrogen-bond acceptors (Lipinski definition) is 4. The Labute approximate surface area is 150 Å². The third-order valence-electron chi connectivity index (χ3n) is 5.10. The summed E-state index contributed by atoms with van der Waals surface area (Å²) >= 11 is 0. The molecule has 4 heteroatoms. The van der Waals surface area contributed by atoms with Crippen LogP contribution in [0.25, 0.3) is 0 Å². The third-order valence-corrected chi connectivity index (χ3v) is 5.10. The second-order valence-corrected chi connectivity index (χ2v) is 7.06. The second kappa shape index (κ2) is 8.15. The number of para-hydroxylation sites is 2. The maximum atomic E-state index is 5.94. The lowest BCUT2D eigenvalue weighted by Crippen LogP contribution is -2.23. The molecule has 0 spiro atoms. The largest absolute Gasteiger partial charge is 0.493 e. The minimum absolute atomic E-state index is 0.603. The van der Waals surface area contributed by atoms with Gasteiger partial charge in [0.25, 0.3) is 0 Å². The van der Waals surface area contributed by atoms with Gasteiger partial charge in [-0.1, -0.05) is 18.2 Å². The van der Waals surface area contributed by atoms with Gasteiger partial charge in [-0.05, 0) is 68.2 Å². The molecule has 4 N–H and O–H groups in total. The van der Waals surface area contributed by atoms with Gasteiger partial charge in [0.1, 0.15) is 11.5 Å². The molecule has 0 aliphatic heterocycles. The third kappa shape index (κ3) is 4.81. The van der Waals surface area contributed by atoms with Crippen LogP contribution < -0.4 is 20.9 Å². The Morgan fingerprint density at radius 2 is 1.48 bits per heavy atom. The van der Waals surface area contributed by atoms with E-state index in [1.807, 2.05) is 49.4 Å². The minimum Gasteiger partial charge on any atom is -0.493 e. The SMILES string of the molecule is Cc1ccc(OCC2CCC(COc3ccccc3N)CC2)cc1N. The van der Waals surface area contributed by atoms with Gasteiger partial charge in [-0.15, -0.1) is 0 Å². The highest BCUT2D eigenvalue weighted by Gasteiger charge is 2.22. The molecule has 3 rings (SSSR count). The Morgan fingerprint density at radius 1 is 0.840 bits per heavy atom. The van der Waals surface area contributed by atoms with Gasteiger partial charge in [-0.2, -0.15) is 0 Å². The van der Waals surface area contributed by atoms with Crippen LogP contribution in [0, 0.1) is 18.8 Å². The fraction of sp³-hybridized carbons (Fsp3) is 0.429. The maximum Gasteiger partial charge on any atom is 0.142 e. The van der Waals surface area contributed by atoms with E-state index in [-0.39, 0.29) is 0 Å². The van der Waals surface area contributed by atoms with Crippen molar-refractivity contribution in [3.63, 3.8) is 0 Å². The minimum atomic E-state index is 0.603. The molecule has 0 atom stereocenters. The van der Waals surface area contributed by atoms with E-state index >= 15 is 0 Å². The molecule has 0 aromatic heterocycles. The predicted octanol–water partition coefficient (Wildman–Crippen LogP) is 4.42. The Balaban J connectivity index is 1.39. The predicted molar refractivity (Wildman–Crippen MR) is 103 cm³/mol. The topological polar surface area (TPSA) is 70.5 Å². The molecule has 0 amide bonds. The summed E-state index contributed by atoms with van der Waals surface area (Å²) < 4.78 is 11.8. The van der Waals surface area contributed by atoms with Crippen molar-refractivity contribution in [2.45, 2.75) is 32.6 Å². The monoisotopic (exact) mass is 340 g/mol. The van der Waals surface area contributed by atoms with Crippen molar-refractivity contribution in [2.24, 2.45) is 11.8 Å². The maximum absolute atomic E-state index is 5.94. The highest BCUT2D eigenvalue weighted by molar-refractivity contribution is 5.52. The zero-order chi connectivity index (χ0) is 17.6. The molecule has 1 saturated carbocycles. The summed E-state index contributed by atoms with van der Waals surface area (Å²) in [5.41, 5.74) is 14.4. The zero-order valence-electron chi connectivity index (χ0n) is 14.9. The van der Waals surface area contributed by atoms with Gasteiger partial charge in [0.15, 0.2) is 0 Å². The Morgan fingerprint density at radius 3 is 2.12 bits per heavy atom. The Hall–Kier alpha value is -2.36.